The van der Waals surface area contributed by atoms with Gasteiger partial charge in [0.1, 0.15) is 6.17 Å². The lowest BCUT2D eigenvalue weighted by atomic mass is 10.0. The van der Waals surface area contributed by atoms with Gasteiger partial charge in [0.25, 0.3) is 0 Å². The fourth-order valence-electron chi connectivity index (χ4n) is 3.92. The van der Waals surface area contributed by atoms with Crippen LogP contribution < -0.4 is 21.7 Å². The molecule has 2 aromatic carbocycles. The molecule has 31 heavy (non-hydrogen) atoms. The van der Waals surface area contributed by atoms with Crippen LogP contribution in [0.4, 0.5) is 0 Å². The summed E-state index contributed by atoms with van der Waals surface area (Å²) in [6.07, 6.45) is 5.49. The predicted octanol–water partition coefficient (Wildman–Crippen LogP) is 2.60. The van der Waals surface area contributed by atoms with Gasteiger partial charge in [0, 0.05) is 29.4 Å². The van der Waals surface area contributed by atoms with Gasteiger partial charge in [-0.2, -0.15) is 4.37 Å². The van der Waals surface area contributed by atoms with Crippen molar-refractivity contribution in [1.29, 1.82) is 0 Å². The topological polar surface area (TPSA) is 104 Å². The predicted molar refractivity (Wildman–Crippen MR) is 124 cm³/mol. The molecular weight excluding hydrogens is 408 g/mol. The first-order valence-electron chi connectivity index (χ1n) is 10.1. The van der Waals surface area contributed by atoms with Gasteiger partial charge in [0.05, 0.1) is 28.7 Å². The Kier molecular flexibility index (Phi) is 5.33. The Morgan fingerprint density at radius 3 is 2.90 bits per heavy atom. The SMILES string of the molecule is NC(=O)c1cccc2c(C3NC4=C(CN=CC=C4)C(NCc4ccccc4)N3)nsc12. The van der Waals surface area contributed by atoms with E-state index in [9.17, 15) is 4.79 Å². The van der Waals surface area contributed by atoms with Gasteiger partial charge in [-0.1, -0.05) is 42.5 Å². The summed E-state index contributed by atoms with van der Waals surface area (Å²) in [7, 11) is 0. The summed E-state index contributed by atoms with van der Waals surface area (Å²) in [5.74, 6) is -0.443. The third-order valence-corrected chi connectivity index (χ3v) is 6.37. The largest absolute Gasteiger partial charge is 0.366 e. The molecule has 2 aliphatic heterocycles. The first kappa shape index (κ1) is 19.6. The molecule has 0 saturated carbocycles. The maximum absolute atomic E-state index is 11.8. The van der Waals surface area contributed by atoms with Crippen LogP contribution >= 0.6 is 11.5 Å². The number of carbonyl (C=O) groups is 1. The van der Waals surface area contributed by atoms with E-state index in [-0.39, 0.29) is 12.3 Å². The van der Waals surface area contributed by atoms with E-state index in [0.29, 0.717) is 12.1 Å². The van der Waals surface area contributed by atoms with Crippen molar-refractivity contribution >= 4 is 33.7 Å². The monoisotopic (exact) mass is 430 g/mol. The van der Waals surface area contributed by atoms with Gasteiger partial charge in [-0.3, -0.25) is 20.4 Å². The van der Waals surface area contributed by atoms with Crippen LogP contribution in [-0.4, -0.2) is 29.2 Å². The summed E-state index contributed by atoms with van der Waals surface area (Å²) in [4.78, 5) is 16.3. The number of fused-ring (bicyclic) bond motifs is 1. The van der Waals surface area contributed by atoms with Crippen molar-refractivity contribution < 1.29 is 4.79 Å². The molecule has 0 radical (unpaired) electrons. The first-order chi connectivity index (χ1) is 15.2. The zero-order valence-electron chi connectivity index (χ0n) is 16.7. The minimum atomic E-state index is -0.443. The number of hydrogen-bond acceptors (Lipinski definition) is 7. The third kappa shape index (κ3) is 3.88. The molecule has 8 heteroatoms. The smallest absolute Gasteiger partial charge is 0.250 e. The quantitative estimate of drug-likeness (QED) is 0.498. The lowest BCUT2D eigenvalue weighted by molar-refractivity contribution is 0.100. The summed E-state index contributed by atoms with van der Waals surface area (Å²) in [6, 6.07) is 15.9. The molecule has 3 aromatic rings. The average Bonchev–Trinajstić information content (AvgIpc) is 3.08. The van der Waals surface area contributed by atoms with Crippen LogP contribution in [0.25, 0.3) is 10.1 Å². The highest BCUT2D eigenvalue weighted by Gasteiger charge is 2.30. The van der Waals surface area contributed by atoms with E-state index in [4.69, 9.17) is 5.73 Å². The number of rotatable bonds is 5. The van der Waals surface area contributed by atoms with Crippen LogP contribution in [0.2, 0.25) is 0 Å². The molecule has 1 amide bonds. The standard InChI is InChI=1S/C23H22N6OS/c24-21(30)16-9-4-8-15-19(29-31-20(15)16)23-27-18-10-5-11-25-13-17(18)22(28-23)26-12-14-6-2-1-3-7-14/h1-11,22-23,26-28H,12-13H2,(H2,24,30). The highest BCUT2D eigenvalue weighted by Crippen LogP contribution is 2.31. The van der Waals surface area contributed by atoms with Crippen molar-refractivity contribution in [2.45, 2.75) is 18.9 Å². The second-order valence-electron chi connectivity index (χ2n) is 7.45. The molecule has 2 aliphatic rings. The van der Waals surface area contributed by atoms with E-state index >= 15 is 0 Å². The number of benzene rings is 2. The van der Waals surface area contributed by atoms with E-state index in [0.717, 1.165) is 33.6 Å². The Hall–Kier alpha value is -3.33. The zero-order chi connectivity index (χ0) is 21.2. The van der Waals surface area contributed by atoms with Gasteiger partial charge in [0.15, 0.2) is 0 Å². The zero-order valence-corrected chi connectivity index (χ0v) is 17.5. The molecule has 7 nitrogen and oxygen atoms in total. The highest BCUT2D eigenvalue weighted by molar-refractivity contribution is 7.13. The van der Waals surface area contributed by atoms with Crippen LogP contribution in [0.3, 0.4) is 0 Å². The number of amides is 1. The molecule has 0 spiro atoms. The molecule has 0 aliphatic carbocycles. The van der Waals surface area contributed by atoms with E-state index in [1.54, 1.807) is 6.07 Å². The van der Waals surface area contributed by atoms with Crippen LogP contribution in [-0.2, 0) is 6.54 Å². The van der Waals surface area contributed by atoms with E-state index in [1.165, 1.54) is 17.1 Å². The van der Waals surface area contributed by atoms with E-state index in [2.05, 4.69) is 37.4 Å². The number of primary amides is 1. The van der Waals surface area contributed by atoms with Gasteiger partial charge >= 0.3 is 0 Å². The Morgan fingerprint density at radius 2 is 2.06 bits per heavy atom. The van der Waals surface area contributed by atoms with Crippen LogP contribution in [0.15, 0.2) is 76.9 Å². The Bertz CT molecular complexity index is 1210. The van der Waals surface area contributed by atoms with Gasteiger partial charge in [-0.15, -0.1) is 0 Å². The minimum absolute atomic E-state index is 0.0857. The summed E-state index contributed by atoms with van der Waals surface area (Å²) in [5.41, 5.74) is 10.3. The lowest BCUT2D eigenvalue weighted by Crippen LogP contribution is -2.53. The number of carbonyl (C=O) groups excluding carboxylic acids is 1. The first-order valence-corrected chi connectivity index (χ1v) is 10.9. The molecule has 156 valence electrons. The molecule has 0 bridgehead atoms. The lowest BCUT2D eigenvalue weighted by Gasteiger charge is -2.35. The molecular formula is C23H22N6OS. The normalized spacial score (nSPS) is 20.4. The second kappa shape index (κ2) is 8.43. The Balaban J connectivity index is 1.48. The number of nitrogens with one attached hydrogen (secondary N) is 3. The third-order valence-electron chi connectivity index (χ3n) is 5.46. The molecule has 0 saturated heterocycles. The Morgan fingerprint density at radius 1 is 1.19 bits per heavy atom. The number of hydrogen-bond donors (Lipinski definition) is 4. The van der Waals surface area contributed by atoms with Gasteiger partial charge in [0.2, 0.25) is 5.91 Å². The van der Waals surface area contributed by atoms with Crippen LogP contribution in [0.1, 0.15) is 27.8 Å². The fourth-order valence-corrected chi connectivity index (χ4v) is 4.86. The van der Waals surface area contributed by atoms with Crippen molar-refractivity contribution in [1.82, 2.24) is 20.3 Å². The van der Waals surface area contributed by atoms with Crippen molar-refractivity contribution in [2.75, 3.05) is 6.54 Å². The molecule has 5 rings (SSSR count). The van der Waals surface area contributed by atoms with E-state index < -0.39 is 5.91 Å². The van der Waals surface area contributed by atoms with Gasteiger partial charge in [-0.05, 0) is 35.3 Å². The number of nitrogens with zero attached hydrogens (tertiary/aromatic N) is 2. The molecule has 0 fully saturated rings. The maximum atomic E-state index is 11.8. The van der Waals surface area contributed by atoms with Crippen molar-refractivity contribution in [3.63, 3.8) is 0 Å². The van der Waals surface area contributed by atoms with Crippen molar-refractivity contribution in [3.8, 4) is 0 Å². The highest BCUT2D eigenvalue weighted by atomic mass is 32.1. The summed E-state index contributed by atoms with van der Waals surface area (Å²) in [6.45, 7) is 1.32. The van der Waals surface area contributed by atoms with Crippen LogP contribution in [0.5, 0.6) is 0 Å². The number of allylic oxidation sites excluding steroid dienone is 2. The molecule has 2 unspecified atom stereocenters. The fraction of sp³-hybridized carbons (Fsp3) is 0.174. The van der Waals surface area contributed by atoms with E-state index in [1.807, 2.05) is 48.7 Å². The van der Waals surface area contributed by atoms with Gasteiger partial charge < -0.3 is 11.1 Å². The molecule has 2 atom stereocenters. The Labute approximate surface area is 183 Å². The summed E-state index contributed by atoms with van der Waals surface area (Å²) >= 11 is 1.30. The number of aliphatic imine (C=N–C) groups is 1. The molecule has 1 aromatic heterocycles. The number of aromatic nitrogens is 1. The summed E-state index contributed by atoms with van der Waals surface area (Å²) < 4.78 is 5.49. The van der Waals surface area contributed by atoms with Gasteiger partial charge in [-0.25, -0.2) is 0 Å². The summed E-state index contributed by atoms with van der Waals surface area (Å²) in [5, 5.41) is 11.7. The number of nitrogens with two attached hydrogens (primary N) is 1. The van der Waals surface area contributed by atoms with Crippen molar-refractivity contribution in [3.05, 3.63) is 88.8 Å². The minimum Gasteiger partial charge on any atom is -0.366 e. The average molecular weight is 431 g/mol. The maximum Gasteiger partial charge on any atom is 0.250 e. The molecule has 3 heterocycles. The van der Waals surface area contributed by atoms with Crippen molar-refractivity contribution in [2.24, 2.45) is 10.7 Å². The second-order valence-corrected chi connectivity index (χ2v) is 8.22. The van der Waals surface area contributed by atoms with Crippen LogP contribution in [0, 0.1) is 0 Å². The molecule has 5 N–H and O–H groups in total.